The number of hydrogen-bond acceptors (Lipinski definition) is 5. The Kier molecular flexibility index (Phi) is 5.51. The molecule has 1 atom stereocenters. The molecule has 0 aliphatic rings. The van der Waals surface area contributed by atoms with Crippen molar-refractivity contribution in [2.24, 2.45) is 0 Å². The van der Waals surface area contributed by atoms with Crippen LogP contribution in [0.25, 0.3) is 0 Å². The van der Waals surface area contributed by atoms with E-state index >= 15 is 0 Å². The highest BCUT2D eigenvalue weighted by atomic mass is 16.5. The van der Waals surface area contributed by atoms with Crippen LogP contribution in [0.4, 0.5) is 0 Å². The minimum Gasteiger partial charge on any atom is -0.488 e. The highest BCUT2D eigenvalue weighted by molar-refractivity contribution is 5.97. The first kappa shape index (κ1) is 16.7. The number of para-hydroxylation sites is 1. The summed E-state index contributed by atoms with van der Waals surface area (Å²) in [6.45, 7) is 9.71. The van der Waals surface area contributed by atoms with E-state index in [1.54, 1.807) is 25.1 Å². The highest BCUT2D eigenvalue weighted by Gasteiger charge is 2.21. The predicted molar refractivity (Wildman–Crippen MR) is 86.3 cm³/mol. The molecule has 0 radical (unpaired) electrons. The monoisotopic (exact) mass is 315 g/mol. The predicted octanol–water partition coefficient (Wildman–Crippen LogP) is 3.21. The largest absolute Gasteiger partial charge is 0.488 e. The second-order valence-electron chi connectivity index (χ2n) is 5.36. The van der Waals surface area contributed by atoms with Crippen LogP contribution in [0.5, 0.6) is 5.75 Å². The molecule has 0 saturated heterocycles. The van der Waals surface area contributed by atoms with Gasteiger partial charge in [0.1, 0.15) is 18.4 Å². The van der Waals surface area contributed by atoms with Crippen molar-refractivity contribution in [3.63, 3.8) is 0 Å². The second-order valence-corrected chi connectivity index (χ2v) is 5.36. The number of aryl methyl sites for hydroxylation is 1. The van der Waals surface area contributed by atoms with Crippen LogP contribution in [-0.2, 0) is 0 Å². The summed E-state index contributed by atoms with van der Waals surface area (Å²) in [4.78, 5) is 16.7. The van der Waals surface area contributed by atoms with Gasteiger partial charge in [-0.25, -0.2) is 0 Å². The van der Waals surface area contributed by atoms with Crippen LogP contribution in [0.15, 0.2) is 40.9 Å². The van der Waals surface area contributed by atoms with E-state index < -0.39 is 0 Å². The van der Waals surface area contributed by atoms with Gasteiger partial charge in [0.2, 0.25) is 5.89 Å². The van der Waals surface area contributed by atoms with E-state index in [1.807, 2.05) is 19.9 Å². The van der Waals surface area contributed by atoms with E-state index in [2.05, 4.69) is 22.0 Å². The Bertz CT molecular complexity index is 694. The molecule has 0 saturated carbocycles. The van der Waals surface area contributed by atoms with Crippen molar-refractivity contribution in [3.05, 3.63) is 53.7 Å². The van der Waals surface area contributed by atoms with Gasteiger partial charge in [-0.3, -0.25) is 4.79 Å². The molecular formula is C17H21N3O3. The Morgan fingerprint density at radius 3 is 2.78 bits per heavy atom. The molecule has 0 aliphatic heterocycles. The molecule has 0 aliphatic carbocycles. The van der Waals surface area contributed by atoms with Crippen LogP contribution in [0, 0.1) is 6.92 Å². The Balaban J connectivity index is 2.14. The van der Waals surface area contributed by atoms with Gasteiger partial charge >= 0.3 is 0 Å². The third kappa shape index (κ3) is 4.42. The Hall–Kier alpha value is -2.63. The molecule has 1 N–H and O–H groups in total. The fraction of sp³-hybridized carbons (Fsp3) is 0.353. The molecule has 1 amide bonds. The summed E-state index contributed by atoms with van der Waals surface area (Å²) in [6.07, 6.45) is 0.641. The summed E-state index contributed by atoms with van der Waals surface area (Å²) in [7, 11) is 0. The SMILES string of the molecule is C=C(C)COc1ccccc1C(=O)NC(CC)c1nc(C)no1. The molecular weight excluding hydrogens is 294 g/mol. The Labute approximate surface area is 135 Å². The lowest BCUT2D eigenvalue weighted by Crippen LogP contribution is -2.28. The van der Waals surface area contributed by atoms with Crippen molar-refractivity contribution in [3.8, 4) is 5.75 Å². The van der Waals surface area contributed by atoms with Gasteiger partial charge in [0, 0.05) is 0 Å². The fourth-order valence-electron chi connectivity index (χ4n) is 2.01. The fourth-order valence-corrected chi connectivity index (χ4v) is 2.01. The van der Waals surface area contributed by atoms with Crippen LogP contribution in [-0.4, -0.2) is 22.7 Å². The van der Waals surface area contributed by atoms with Gasteiger partial charge in [-0.15, -0.1) is 0 Å². The summed E-state index contributed by atoms with van der Waals surface area (Å²) in [5.41, 5.74) is 1.34. The number of nitrogens with one attached hydrogen (secondary N) is 1. The van der Waals surface area contributed by atoms with E-state index in [4.69, 9.17) is 9.26 Å². The Morgan fingerprint density at radius 2 is 2.17 bits per heavy atom. The van der Waals surface area contributed by atoms with Gasteiger partial charge < -0.3 is 14.6 Å². The number of hydrogen-bond donors (Lipinski definition) is 1. The van der Waals surface area contributed by atoms with E-state index in [9.17, 15) is 4.79 Å². The lowest BCUT2D eigenvalue weighted by molar-refractivity contribution is 0.0923. The zero-order chi connectivity index (χ0) is 16.8. The number of nitrogens with zero attached hydrogens (tertiary/aromatic N) is 2. The summed E-state index contributed by atoms with van der Waals surface area (Å²) < 4.78 is 10.8. The number of rotatable bonds is 7. The van der Waals surface area contributed by atoms with Gasteiger partial charge in [0.25, 0.3) is 5.91 Å². The van der Waals surface area contributed by atoms with Gasteiger partial charge in [-0.2, -0.15) is 4.98 Å². The van der Waals surface area contributed by atoms with E-state index in [-0.39, 0.29) is 11.9 Å². The zero-order valence-electron chi connectivity index (χ0n) is 13.6. The van der Waals surface area contributed by atoms with Crippen LogP contribution in [0.2, 0.25) is 0 Å². The quantitative estimate of drug-likeness (QED) is 0.794. The van der Waals surface area contributed by atoms with Gasteiger partial charge in [-0.05, 0) is 38.0 Å². The average Bonchev–Trinajstić information content (AvgIpc) is 2.97. The van der Waals surface area contributed by atoms with Gasteiger partial charge in [0.05, 0.1) is 5.56 Å². The molecule has 6 nitrogen and oxygen atoms in total. The summed E-state index contributed by atoms with van der Waals surface area (Å²) in [5.74, 6) is 1.21. The molecule has 0 fully saturated rings. The third-order valence-electron chi connectivity index (χ3n) is 3.16. The molecule has 1 unspecified atom stereocenters. The molecule has 0 bridgehead atoms. The van der Waals surface area contributed by atoms with Crippen molar-refractivity contribution in [2.75, 3.05) is 6.61 Å². The summed E-state index contributed by atoms with van der Waals surface area (Å²) in [5, 5.41) is 6.66. The van der Waals surface area contributed by atoms with Crippen molar-refractivity contribution in [1.82, 2.24) is 15.5 Å². The number of amides is 1. The van der Waals surface area contributed by atoms with Gasteiger partial charge in [-0.1, -0.05) is 30.8 Å². The third-order valence-corrected chi connectivity index (χ3v) is 3.16. The van der Waals surface area contributed by atoms with Crippen molar-refractivity contribution < 1.29 is 14.1 Å². The molecule has 23 heavy (non-hydrogen) atoms. The first-order valence-corrected chi connectivity index (χ1v) is 7.48. The van der Waals surface area contributed by atoms with Gasteiger partial charge in [0.15, 0.2) is 5.82 Å². The summed E-state index contributed by atoms with van der Waals surface area (Å²) >= 11 is 0. The summed E-state index contributed by atoms with van der Waals surface area (Å²) in [6, 6.07) is 6.76. The number of benzene rings is 1. The number of aromatic nitrogens is 2. The molecule has 122 valence electrons. The van der Waals surface area contributed by atoms with E-state index in [0.29, 0.717) is 36.1 Å². The maximum absolute atomic E-state index is 12.6. The van der Waals surface area contributed by atoms with Crippen LogP contribution in [0.3, 0.4) is 0 Å². The molecule has 1 aromatic heterocycles. The van der Waals surface area contributed by atoms with Crippen LogP contribution in [0.1, 0.15) is 48.4 Å². The topological polar surface area (TPSA) is 77.2 Å². The lowest BCUT2D eigenvalue weighted by Gasteiger charge is -2.15. The molecule has 2 aromatic rings. The molecule has 1 heterocycles. The average molecular weight is 315 g/mol. The molecule has 2 rings (SSSR count). The molecule has 0 spiro atoms. The minimum absolute atomic E-state index is 0.245. The Morgan fingerprint density at radius 1 is 1.43 bits per heavy atom. The number of ether oxygens (including phenoxy) is 1. The smallest absolute Gasteiger partial charge is 0.255 e. The normalized spacial score (nSPS) is 11.8. The maximum atomic E-state index is 12.6. The number of carbonyl (C=O) groups excluding carboxylic acids is 1. The van der Waals surface area contributed by atoms with Crippen molar-refractivity contribution in [2.45, 2.75) is 33.2 Å². The van der Waals surface area contributed by atoms with Crippen molar-refractivity contribution >= 4 is 5.91 Å². The lowest BCUT2D eigenvalue weighted by atomic mass is 10.1. The highest BCUT2D eigenvalue weighted by Crippen LogP contribution is 2.21. The zero-order valence-corrected chi connectivity index (χ0v) is 13.6. The molecule has 1 aromatic carbocycles. The standard InChI is InChI=1S/C17H21N3O3/c1-5-14(17-18-12(4)20-23-17)19-16(21)13-8-6-7-9-15(13)22-10-11(2)3/h6-9,14H,2,5,10H2,1,3-4H3,(H,19,21). The van der Waals surface area contributed by atoms with E-state index in [1.165, 1.54) is 0 Å². The van der Waals surface area contributed by atoms with Crippen LogP contribution >= 0.6 is 0 Å². The van der Waals surface area contributed by atoms with Crippen LogP contribution < -0.4 is 10.1 Å². The van der Waals surface area contributed by atoms with Crippen molar-refractivity contribution in [1.29, 1.82) is 0 Å². The maximum Gasteiger partial charge on any atom is 0.255 e. The van der Waals surface area contributed by atoms with E-state index in [0.717, 1.165) is 5.57 Å². The second kappa shape index (κ2) is 7.58. The first-order chi connectivity index (χ1) is 11.0. The first-order valence-electron chi connectivity index (χ1n) is 7.48. The minimum atomic E-state index is -0.335. The molecule has 6 heteroatoms. The number of carbonyl (C=O) groups is 1.